The van der Waals surface area contributed by atoms with Crippen molar-refractivity contribution in [3.8, 4) is 0 Å². The van der Waals surface area contributed by atoms with E-state index < -0.39 is 16.5 Å². The summed E-state index contributed by atoms with van der Waals surface area (Å²) in [4.78, 5) is 14.7. The maximum absolute atomic E-state index is 15.0. The van der Waals surface area contributed by atoms with Crippen LogP contribution in [0, 0.1) is 22.7 Å². The molecule has 0 aliphatic heterocycles. The van der Waals surface area contributed by atoms with Crippen molar-refractivity contribution in [2.45, 2.75) is 51.1 Å². The molecule has 0 aromatic rings. The fourth-order valence-corrected chi connectivity index (χ4v) is 5.60. The number of nitrogens with zero attached hydrogens (tertiary/aromatic N) is 1. The van der Waals surface area contributed by atoms with Crippen LogP contribution in [0.1, 0.15) is 45.4 Å². The third-order valence-corrected chi connectivity index (χ3v) is 6.17. The topological polar surface area (TPSA) is 60.8 Å². The van der Waals surface area contributed by atoms with Crippen molar-refractivity contribution in [1.82, 2.24) is 4.90 Å². The first kappa shape index (κ1) is 16.2. The summed E-state index contributed by atoms with van der Waals surface area (Å²) in [5.74, 6) is 0.716. The van der Waals surface area contributed by atoms with Gasteiger partial charge in [-0.1, -0.05) is 6.92 Å². The Balaban J connectivity index is 1.77. The van der Waals surface area contributed by atoms with Gasteiger partial charge in [-0.3, -0.25) is 4.79 Å². The van der Waals surface area contributed by atoms with E-state index in [1.54, 1.807) is 18.9 Å². The Morgan fingerprint density at radius 1 is 1.23 bits per heavy atom. The minimum absolute atomic E-state index is 0.0109. The SMILES string of the molecule is CN(CC(C)(CO)CO)C(=O)C12CC3CC(CC(F)(C3)C1)C2. The zero-order chi connectivity index (χ0) is 16.2. The van der Waals surface area contributed by atoms with Gasteiger partial charge in [-0.25, -0.2) is 4.39 Å². The van der Waals surface area contributed by atoms with E-state index in [0.29, 0.717) is 37.6 Å². The Bertz CT molecular complexity index is 449. The highest BCUT2D eigenvalue weighted by Gasteiger charge is 2.61. The number of aliphatic hydroxyl groups excluding tert-OH is 2. The molecule has 0 aromatic heterocycles. The summed E-state index contributed by atoms with van der Waals surface area (Å²) < 4.78 is 15.0. The first-order valence-electron chi connectivity index (χ1n) is 8.39. The molecule has 2 atom stereocenters. The molecule has 0 spiro atoms. The van der Waals surface area contributed by atoms with Crippen molar-refractivity contribution in [1.29, 1.82) is 0 Å². The number of carbonyl (C=O) groups is 1. The number of hydrogen-bond donors (Lipinski definition) is 2. The van der Waals surface area contributed by atoms with E-state index in [9.17, 15) is 19.4 Å². The lowest BCUT2D eigenvalue weighted by Gasteiger charge is -2.58. The van der Waals surface area contributed by atoms with Gasteiger partial charge in [-0.05, 0) is 50.4 Å². The van der Waals surface area contributed by atoms with Crippen molar-refractivity contribution < 1.29 is 19.4 Å². The molecule has 1 amide bonds. The van der Waals surface area contributed by atoms with Crippen LogP contribution < -0.4 is 0 Å². The van der Waals surface area contributed by atoms with Crippen LogP contribution in [0.15, 0.2) is 0 Å². The van der Waals surface area contributed by atoms with Crippen molar-refractivity contribution in [3.63, 3.8) is 0 Å². The summed E-state index contributed by atoms with van der Waals surface area (Å²) in [6.45, 7) is 1.71. The minimum atomic E-state index is -1.14. The Hall–Kier alpha value is -0.680. The fourth-order valence-electron chi connectivity index (χ4n) is 5.60. The predicted octanol–water partition coefficient (Wildman–Crippen LogP) is 1.74. The molecule has 4 rings (SSSR count). The maximum Gasteiger partial charge on any atom is 0.228 e. The summed E-state index contributed by atoms with van der Waals surface area (Å²) in [6.07, 6.45) is 4.33. The third kappa shape index (κ3) is 2.56. The average molecular weight is 313 g/mol. The highest BCUT2D eigenvalue weighted by Crippen LogP contribution is 2.63. The number of carbonyl (C=O) groups excluding carboxylic acids is 1. The zero-order valence-corrected chi connectivity index (χ0v) is 13.6. The van der Waals surface area contributed by atoms with Crippen LogP contribution in [-0.2, 0) is 4.79 Å². The maximum atomic E-state index is 15.0. The van der Waals surface area contributed by atoms with Gasteiger partial charge in [0, 0.05) is 19.0 Å². The van der Waals surface area contributed by atoms with Gasteiger partial charge < -0.3 is 15.1 Å². The lowest BCUT2D eigenvalue weighted by atomic mass is 9.48. The van der Waals surface area contributed by atoms with E-state index in [-0.39, 0.29) is 19.1 Å². The van der Waals surface area contributed by atoms with E-state index in [0.717, 1.165) is 19.3 Å². The second-order valence-corrected chi connectivity index (χ2v) is 8.68. The molecule has 0 heterocycles. The second kappa shape index (κ2) is 5.17. The molecule has 126 valence electrons. The fraction of sp³-hybridized carbons (Fsp3) is 0.941. The lowest BCUT2D eigenvalue weighted by Crippen LogP contribution is -2.59. The molecule has 5 heteroatoms. The van der Waals surface area contributed by atoms with Gasteiger partial charge in [0.25, 0.3) is 0 Å². The van der Waals surface area contributed by atoms with Crippen LogP contribution in [-0.4, -0.2) is 53.5 Å². The summed E-state index contributed by atoms with van der Waals surface area (Å²) >= 11 is 0. The molecule has 4 aliphatic rings. The largest absolute Gasteiger partial charge is 0.396 e. The highest BCUT2D eigenvalue weighted by molar-refractivity contribution is 5.83. The van der Waals surface area contributed by atoms with Gasteiger partial charge in [0.1, 0.15) is 5.67 Å². The molecule has 4 bridgehead atoms. The van der Waals surface area contributed by atoms with Crippen molar-refractivity contribution in [2.75, 3.05) is 26.8 Å². The van der Waals surface area contributed by atoms with Gasteiger partial charge in [-0.15, -0.1) is 0 Å². The predicted molar refractivity (Wildman–Crippen MR) is 80.9 cm³/mol. The van der Waals surface area contributed by atoms with Crippen LogP contribution in [0.3, 0.4) is 0 Å². The molecule has 4 saturated carbocycles. The highest BCUT2D eigenvalue weighted by atomic mass is 19.1. The van der Waals surface area contributed by atoms with Crippen molar-refractivity contribution >= 4 is 5.91 Å². The molecule has 2 N–H and O–H groups in total. The molecular weight excluding hydrogens is 285 g/mol. The summed E-state index contributed by atoms with van der Waals surface area (Å²) in [7, 11) is 1.72. The molecule has 4 aliphatic carbocycles. The number of hydrogen-bond acceptors (Lipinski definition) is 3. The van der Waals surface area contributed by atoms with E-state index >= 15 is 0 Å². The van der Waals surface area contributed by atoms with Crippen LogP contribution in [0.25, 0.3) is 0 Å². The lowest BCUT2D eigenvalue weighted by molar-refractivity contribution is -0.171. The van der Waals surface area contributed by atoms with Gasteiger partial charge in [0.15, 0.2) is 0 Å². The smallest absolute Gasteiger partial charge is 0.228 e. The number of alkyl halides is 1. The van der Waals surface area contributed by atoms with Crippen LogP contribution >= 0.6 is 0 Å². The van der Waals surface area contributed by atoms with Gasteiger partial charge in [0.05, 0.1) is 18.6 Å². The Labute approximate surface area is 131 Å². The Kier molecular flexibility index (Phi) is 3.80. The minimum Gasteiger partial charge on any atom is -0.396 e. The molecule has 4 nitrogen and oxygen atoms in total. The van der Waals surface area contributed by atoms with Crippen LogP contribution in [0.5, 0.6) is 0 Å². The van der Waals surface area contributed by atoms with Crippen LogP contribution in [0.4, 0.5) is 4.39 Å². The molecule has 2 unspecified atom stereocenters. The number of rotatable bonds is 5. The molecule has 0 aromatic carbocycles. The molecule has 4 fully saturated rings. The molecule has 22 heavy (non-hydrogen) atoms. The van der Waals surface area contributed by atoms with Gasteiger partial charge >= 0.3 is 0 Å². The van der Waals surface area contributed by atoms with Crippen LogP contribution in [0.2, 0.25) is 0 Å². The van der Waals surface area contributed by atoms with E-state index in [2.05, 4.69) is 0 Å². The average Bonchev–Trinajstić information content (AvgIpc) is 2.43. The summed E-state index contributed by atoms with van der Waals surface area (Å²) in [5.41, 5.74) is -2.39. The van der Waals surface area contributed by atoms with E-state index in [1.165, 1.54) is 0 Å². The standard InChI is InChI=1S/C17H28FNO3/c1-15(10-20,11-21)9-19(2)14(22)16-4-12-3-13(5-16)7-17(18,6-12)8-16/h12-13,20-21H,3-11H2,1-2H3. The molecular formula is C17H28FNO3. The van der Waals surface area contributed by atoms with Gasteiger partial charge in [-0.2, -0.15) is 0 Å². The number of amides is 1. The Morgan fingerprint density at radius 2 is 1.77 bits per heavy atom. The van der Waals surface area contributed by atoms with E-state index in [1.807, 2.05) is 0 Å². The first-order valence-corrected chi connectivity index (χ1v) is 8.39. The number of aliphatic hydroxyl groups is 2. The third-order valence-electron chi connectivity index (χ3n) is 6.17. The number of halogens is 1. The second-order valence-electron chi connectivity index (χ2n) is 8.68. The van der Waals surface area contributed by atoms with Crippen molar-refractivity contribution in [3.05, 3.63) is 0 Å². The first-order chi connectivity index (χ1) is 10.2. The quantitative estimate of drug-likeness (QED) is 0.813. The van der Waals surface area contributed by atoms with Crippen molar-refractivity contribution in [2.24, 2.45) is 22.7 Å². The normalized spacial score (nSPS) is 40.0. The Morgan fingerprint density at radius 3 is 2.23 bits per heavy atom. The zero-order valence-electron chi connectivity index (χ0n) is 13.6. The molecule has 0 radical (unpaired) electrons. The molecule has 0 saturated heterocycles. The monoisotopic (exact) mass is 313 g/mol. The summed E-state index contributed by atoms with van der Waals surface area (Å²) in [6, 6.07) is 0. The van der Waals surface area contributed by atoms with Gasteiger partial charge in [0.2, 0.25) is 5.91 Å². The summed E-state index contributed by atoms with van der Waals surface area (Å²) in [5, 5.41) is 18.9. The van der Waals surface area contributed by atoms with E-state index in [4.69, 9.17) is 0 Å².